The summed E-state index contributed by atoms with van der Waals surface area (Å²) in [6.07, 6.45) is 6.60. The molecule has 0 bridgehead atoms. The molecule has 2 aromatic carbocycles. The van der Waals surface area contributed by atoms with Gasteiger partial charge in [0.15, 0.2) is 11.5 Å². The van der Waals surface area contributed by atoms with Gasteiger partial charge in [0.25, 0.3) is 5.91 Å². The maximum Gasteiger partial charge on any atom is 0.403 e. The first-order valence-corrected chi connectivity index (χ1v) is 18.2. The third-order valence-corrected chi connectivity index (χ3v) is 11.7. The number of benzene rings is 2. The number of aromatic nitrogens is 3. The van der Waals surface area contributed by atoms with Crippen LogP contribution in [0.1, 0.15) is 87.3 Å². The lowest BCUT2D eigenvalue weighted by Crippen LogP contribution is -2.49. The minimum absolute atomic E-state index is 0.131. The lowest BCUT2D eigenvalue weighted by Gasteiger charge is -2.35. The number of hydrogen-bond acceptors (Lipinski definition) is 7. The van der Waals surface area contributed by atoms with Crippen molar-refractivity contribution in [2.24, 2.45) is 5.41 Å². The Morgan fingerprint density at radius 1 is 1.06 bits per heavy atom. The van der Waals surface area contributed by atoms with Crippen molar-refractivity contribution < 1.29 is 14.2 Å². The van der Waals surface area contributed by atoms with E-state index in [1.54, 1.807) is 7.05 Å². The van der Waals surface area contributed by atoms with Crippen LogP contribution < -0.4 is 16.0 Å². The zero-order valence-corrected chi connectivity index (χ0v) is 30.2. The number of nitrogens with one attached hydrogen (secondary N) is 3. The van der Waals surface area contributed by atoms with Gasteiger partial charge in [0.2, 0.25) is 5.69 Å². The van der Waals surface area contributed by atoms with E-state index in [-0.39, 0.29) is 17.9 Å². The van der Waals surface area contributed by atoms with Crippen LogP contribution >= 0.6 is 0 Å². The molecule has 0 atom stereocenters. The number of piperidine rings is 1. The summed E-state index contributed by atoms with van der Waals surface area (Å²) >= 11 is 0. The summed E-state index contributed by atoms with van der Waals surface area (Å²) in [5.74, 6) is 0.784. The molecule has 0 unspecified atom stereocenters. The monoisotopic (exact) mass is 673 g/mol. The van der Waals surface area contributed by atoms with Gasteiger partial charge in [-0.1, -0.05) is 32.0 Å². The molecule has 2 amide bonds. The summed E-state index contributed by atoms with van der Waals surface area (Å²) in [4.78, 5) is 39.9. The van der Waals surface area contributed by atoms with Gasteiger partial charge in [-0.15, -0.1) is 4.58 Å². The van der Waals surface area contributed by atoms with E-state index in [2.05, 4.69) is 82.0 Å². The Labute approximate surface area is 294 Å². The molecule has 3 aliphatic heterocycles. The van der Waals surface area contributed by atoms with Crippen molar-refractivity contribution in [3.05, 3.63) is 65.5 Å². The van der Waals surface area contributed by atoms with Crippen molar-refractivity contribution in [3.63, 3.8) is 0 Å². The molecule has 1 spiro atoms. The molecule has 2 aromatic heterocycles. The van der Waals surface area contributed by atoms with Crippen LogP contribution in [0.4, 0.5) is 17.2 Å². The summed E-state index contributed by atoms with van der Waals surface area (Å²) in [5, 5.41) is 9.77. The maximum atomic E-state index is 14.6. The smallest absolute Gasteiger partial charge is 0.355 e. The first-order chi connectivity index (χ1) is 24.0. The lowest BCUT2D eigenvalue weighted by atomic mass is 9.74. The zero-order valence-electron chi connectivity index (χ0n) is 30.2. The second kappa shape index (κ2) is 12.1. The SMILES string of the molecule is CNC(=O)c1cc(Nc2nc(-c3ccc4c(c3)[N+](=C3CC(N5CCC(C)(C)C5)C3)C(=O)C43CCNCC3)cc3ncn(C(C)C)c23)ccc1C. The Hall–Kier alpha value is -4.41. The van der Waals surface area contributed by atoms with Crippen molar-refractivity contribution in [1.29, 1.82) is 0 Å². The van der Waals surface area contributed by atoms with Gasteiger partial charge in [0.05, 0.1) is 17.5 Å². The molecule has 1 saturated carbocycles. The van der Waals surface area contributed by atoms with Crippen molar-refractivity contribution in [2.75, 3.05) is 38.5 Å². The first kappa shape index (κ1) is 32.8. The van der Waals surface area contributed by atoms with Crippen molar-refractivity contribution in [2.45, 2.75) is 84.2 Å². The molecule has 8 rings (SSSR count). The summed E-state index contributed by atoms with van der Waals surface area (Å²) in [7, 11) is 1.64. The van der Waals surface area contributed by atoms with Gasteiger partial charge < -0.3 is 20.5 Å². The minimum atomic E-state index is -0.485. The minimum Gasteiger partial charge on any atom is -0.355 e. The number of amides is 2. The molecule has 5 heterocycles. The highest BCUT2D eigenvalue weighted by atomic mass is 16.2. The van der Waals surface area contributed by atoms with Crippen LogP contribution in [0.25, 0.3) is 22.3 Å². The molecule has 4 aliphatic rings. The molecule has 0 radical (unpaired) electrons. The normalized spacial score (nSPS) is 21.3. The topological polar surface area (TPSA) is 107 Å². The molecule has 50 heavy (non-hydrogen) atoms. The molecule has 3 N–H and O–H groups in total. The molecule has 3 fully saturated rings. The molecule has 10 heteroatoms. The number of hydrogen-bond donors (Lipinski definition) is 3. The van der Waals surface area contributed by atoms with Crippen molar-refractivity contribution >= 4 is 45.8 Å². The lowest BCUT2D eigenvalue weighted by molar-refractivity contribution is -0.370. The van der Waals surface area contributed by atoms with Gasteiger partial charge in [-0.3, -0.25) is 9.69 Å². The summed E-state index contributed by atoms with van der Waals surface area (Å²) < 4.78 is 4.22. The van der Waals surface area contributed by atoms with Crippen LogP contribution in [0.3, 0.4) is 0 Å². The van der Waals surface area contributed by atoms with E-state index >= 15 is 0 Å². The van der Waals surface area contributed by atoms with E-state index in [9.17, 15) is 9.59 Å². The van der Waals surface area contributed by atoms with Crippen LogP contribution in [0.2, 0.25) is 0 Å². The fourth-order valence-corrected chi connectivity index (χ4v) is 8.66. The zero-order chi connectivity index (χ0) is 34.9. The van der Waals surface area contributed by atoms with Crippen LogP contribution in [-0.4, -0.2) is 80.8 Å². The summed E-state index contributed by atoms with van der Waals surface area (Å²) in [6.45, 7) is 14.9. The number of carbonyl (C=O) groups excluding carboxylic acids is 2. The second-order valence-electron chi connectivity index (χ2n) is 15.9. The quantitative estimate of drug-likeness (QED) is 0.208. The van der Waals surface area contributed by atoms with E-state index in [1.165, 1.54) is 12.1 Å². The van der Waals surface area contributed by atoms with Crippen LogP contribution in [0.5, 0.6) is 0 Å². The van der Waals surface area contributed by atoms with E-state index in [1.807, 2.05) is 31.5 Å². The molecule has 260 valence electrons. The fourth-order valence-electron chi connectivity index (χ4n) is 8.66. The number of anilines is 2. The van der Waals surface area contributed by atoms with Gasteiger partial charge in [-0.05, 0) is 88.8 Å². The number of nitrogens with zero attached hydrogens (tertiary/aromatic N) is 5. The number of fused-ring (bicyclic) bond motifs is 3. The molecule has 2 saturated heterocycles. The fraction of sp³-hybridized carbons (Fsp3) is 0.475. The average molecular weight is 674 g/mol. The largest absolute Gasteiger partial charge is 0.403 e. The van der Waals surface area contributed by atoms with Gasteiger partial charge in [0.1, 0.15) is 10.9 Å². The van der Waals surface area contributed by atoms with Crippen LogP contribution in [-0.2, 0) is 10.2 Å². The third-order valence-electron chi connectivity index (χ3n) is 11.7. The summed E-state index contributed by atoms with van der Waals surface area (Å²) in [5.41, 5.74) is 9.03. The number of aryl methyl sites for hydroxylation is 1. The first-order valence-electron chi connectivity index (χ1n) is 18.2. The number of pyridine rings is 1. The molecule has 1 aliphatic carbocycles. The molecule has 10 nitrogen and oxygen atoms in total. The number of rotatable bonds is 6. The number of imidazole rings is 1. The predicted molar refractivity (Wildman–Crippen MR) is 198 cm³/mol. The average Bonchev–Trinajstić information content (AvgIpc) is 3.74. The van der Waals surface area contributed by atoms with Gasteiger partial charge in [-0.25, -0.2) is 14.8 Å². The maximum absolute atomic E-state index is 14.6. The van der Waals surface area contributed by atoms with E-state index in [0.29, 0.717) is 22.8 Å². The van der Waals surface area contributed by atoms with Gasteiger partial charge >= 0.3 is 5.91 Å². The predicted octanol–water partition coefficient (Wildman–Crippen LogP) is 6.23. The van der Waals surface area contributed by atoms with Gasteiger partial charge in [0, 0.05) is 67.0 Å². The third kappa shape index (κ3) is 5.35. The van der Waals surface area contributed by atoms with Crippen molar-refractivity contribution in [1.82, 2.24) is 30.1 Å². The second-order valence-corrected chi connectivity index (χ2v) is 15.9. The Bertz CT molecular complexity index is 2060. The summed E-state index contributed by atoms with van der Waals surface area (Å²) in [6, 6.07) is 15.0. The molecular formula is C40H49N8O2+. The Balaban J connectivity index is 1.21. The van der Waals surface area contributed by atoms with Crippen LogP contribution in [0, 0.1) is 12.3 Å². The standard InChI is InChI=1S/C40H48N8O2/c1-24(2)47-23-43-33-21-32(45-36(35(33)47)44-27-9-7-25(3)30(18-27)37(49)41-6)26-8-10-31-34(17-26)48(38(50)40(31)11-14-42-15-12-40)29-19-28(20-29)46-16-13-39(4,5)22-46/h7-10,17-18,21,23-24,28,42H,11-16,19-20,22H2,1-6H3,(H-,41,44,45,49)/p+1. The Morgan fingerprint density at radius 2 is 1.84 bits per heavy atom. The highest BCUT2D eigenvalue weighted by Gasteiger charge is 2.59. The van der Waals surface area contributed by atoms with Crippen molar-refractivity contribution in [3.8, 4) is 11.3 Å². The Kier molecular flexibility index (Phi) is 7.95. The van der Waals surface area contributed by atoms with Crippen LogP contribution in [0.15, 0.2) is 48.8 Å². The highest BCUT2D eigenvalue weighted by Crippen LogP contribution is 2.49. The number of carbonyl (C=O) groups is 2. The van der Waals surface area contributed by atoms with E-state index in [0.717, 1.165) is 96.7 Å². The Morgan fingerprint density at radius 3 is 2.54 bits per heavy atom. The van der Waals surface area contributed by atoms with Gasteiger partial charge in [-0.2, -0.15) is 0 Å². The highest BCUT2D eigenvalue weighted by molar-refractivity contribution is 6.00. The molecule has 4 aromatic rings. The van der Waals surface area contributed by atoms with E-state index < -0.39 is 5.41 Å². The molecular weight excluding hydrogens is 624 g/mol. The van der Waals surface area contributed by atoms with E-state index in [4.69, 9.17) is 9.97 Å². The number of likely N-dealkylation sites (tertiary alicyclic amines) is 1.